The number of hydrogen-bond donors (Lipinski definition) is 0. The summed E-state index contributed by atoms with van der Waals surface area (Å²) in [6.45, 7) is 11.2. The smallest absolute Gasteiger partial charge is 0.157 e. The summed E-state index contributed by atoms with van der Waals surface area (Å²) < 4.78 is 2.27. The van der Waals surface area contributed by atoms with E-state index in [1.165, 1.54) is 28.9 Å². The second kappa shape index (κ2) is 7.20. The molecule has 0 bridgehead atoms. The largest absolute Gasteiger partial charge is 0.355 e. The summed E-state index contributed by atoms with van der Waals surface area (Å²) in [5.74, 6) is 1.28. The number of benzene rings is 1. The maximum atomic E-state index is 10.0. The molecule has 0 radical (unpaired) electrons. The molecule has 1 aromatic carbocycles. The fourth-order valence-corrected chi connectivity index (χ4v) is 5.06. The van der Waals surface area contributed by atoms with Gasteiger partial charge in [-0.05, 0) is 55.9 Å². The van der Waals surface area contributed by atoms with E-state index >= 15 is 0 Å². The van der Waals surface area contributed by atoms with Crippen molar-refractivity contribution in [3.63, 3.8) is 0 Å². The Balaban J connectivity index is 1.70. The maximum Gasteiger partial charge on any atom is 0.157 e. The van der Waals surface area contributed by atoms with Crippen LogP contribution in [0.25, 0.3) is 16.7 Å². The van der Waals surface area contributed by atoms with E-state index in [1.54, 1.807) is 0 Å². The molecule has 148 valence electrons. The molecule has 0 saturated carbocycles. The number of nitrogens with zero attached hydrogens (tertiary/aromatic N) is 5. The standard InChI is InChI=1S/C24H27N5/c1-17(2)16-27-11-13-28(14-12-27)24-19-8-4-3-7-18(19)20(15-25)23-26-21-9-5-6-10-22(21)29(23)24/h5-6,9-10H,1,3-4,7-8,11-14,16H2,2H3. The Morgan fingerprint density at radius 2 is 1.83 bits per heavy atom. The minimum absolute atomic E-state index is 0.778. The Morgan fingerprint density at radius 3 is 2.55 bits per heavy atom. The molecule has 1 aliphatic heterocycles. The molecule has 1 fully saturated rings. The van der Waals surface area contributed by atoms with Crippen LogP contribution in [0.2, 0.25) is 0 Å². The number of pyridine rings is 1. The Bertz CT molecular complexity index is 1140. The van der Waals surface area contributed by atoms with Crippen molar-refractivity contribution in [2.24, 2.45) is 0 Å². The predicted molar refractivity (Wildman–Crippen MR) is 118 cm³/mol. The zero-order valence-electron chi connectivity index (χ0n) is 17.1. The number of fused-ring (bicyclic) bond motifs is 4. The summed E-state index contributed by atoms with van der Waals surface area (Å²) in [7, 11) is 0. The van der Waals surface area contributed by atoms with Crippen molar-refractivity contribution in [2.45, 2.75) is 32.6 Å². The molecular weight excluding hydrogens is 358 g/mol. The van der Waals surface area contributed by atoms with Gasteiger partial charge in [0.1, 0.15) is 11.9 Å². The minimum atomic E-state index is 0.778. The highest BCUT2D eigenvalue weighted by molar-refractivity contribution is 5.86. The molecular formula is C24H27N5. The Labute approximate surface area is 171 Å². The molecule has 3 aromatic rings. The van der Waals surface area contributed by atoms with E-state index in [4.69, 9.17) is 4.98 Å². The summed E-state index contributed by atoms with van der Waals surface area (Å²) >= 11 is 0. The molecule has 1 aliphatic carbocycles. The van der Waals surface area contributed by atoms with Gasteiger partial charge in [0.05, 0.1) is 16.6 Å². The van der Waals surface area contributed by atoms with Crippen LogP contribution < -0.4 is 4.90 Å². The van der Waals surface area contributed by atoms with E-state index in [0.29, 0.717) is 0 Å². The molecule has 5 nitrogen and oxygen atoms in total. The van der Waals surface area contributed by atoms with Gasteiger partial charge in [0.25, 0.3) is 0 Å². The van der Waals surface area contributed by atoms with E-state index in [0.717, 1.165) is 74.2 Å². The first-order chi connectivity index (χ1) is 14.2. The lowest BCUT2D eigenvalue weighted by Gasteiger charge is -2.38. The van der Waals surface area contributed by atoms with Crippen LogP contribution in [0.15, 0.2) is 36.4 Å². The molecule has 0 atom stereocenters. The van der Waals surface area contributed by atoms with Gasteiger partial charge in [0.2, 0.25) is 0 Å². The summed E-state index contributed by atoms with van der Waals surface area (Å²) in [5.41, 5.74) is 7.50. The summed E-state index contributed by atoms with van der Waals surface area (Å²) in [4.78, 5) is 9.91. The minimum Gasteiger partial charge on any atom is -0.355 e. The topological polar surface area (TPSA) is 47.6 Å². The van der Waals surface area contributed by atoms with Gasteiger partial charge >= 0.3 is 0 Å². The third kappa shape index (κ3) is 2.99. The number of aromatic nitrogens is 2. The van der Waals surface area contributed by atoms with Crippen molar-refractivity contribution in [3.05, 3.63) is 53.1 Å². The van der Waals surface area contributed by atoms with Crippen molar-refractivity contribution in [3.8, 4) is 6.07 Å². The molecule has 2 aromatic heterocycles. The SMILES string of the molecule is C=C(C)CN1CCN(c2c3c(c(C#N)c4nc5ccccc5n24)CCCC3)CC1. The van der Waals surface area contributed by atoms with Crippen LogP contribution in [0.1, 0.15) is 36.5 Å². The number of rotatable bonds is 3. The van der Waals surface area contributed by atoms with Gasteiger partial charge in [-0.2, -0.15) is 5.26 Å². The molecule has 5 heteroatoms. The lowest BCUT2D eigenvalue weighted by molar-refractivity contribution is 0.277. The molecule has 1 saturated heterocycles. The molecule has 29 heavy (non-hydrogen) atoms. The molecule has 0 spiro atoms. The molecule has 2 aliphatic rings. The van der Waals surface area contributed by atoms with E-state index in [9.17, 15) is 5.26 Å². The third-order valence-corrected chi connectivity index (χ3v) is 6.31. The fraction of sp³-hybridized carbons (Fsp3) is 0.417. The van der Waals surface area contributed by atoms with Gasteiger partial charge in [-0.25, -0.2) is 4.98 Å². The van der Waals surface area contributed by atoms with Gasteiger partial charge in [-0.15, -0.1) is 0 Å². The normalized spacial score (nSPS) is 17.4. The van der Waals surface area contributed by atoms with E-state index in [-0.39, 0.29) is 0 Å². The van der Waals surface area contributed by atoms with Crippen molar-refractivity contribution < 1.29 is 0 Å². The molecule has 3 heterocycles. The average molecular weight is 386 g/mol. The zero-order valence-corrected chi connectivity index (χ0v) is 17.1. The molecule has 5 rings (SSSR count). The van der Waals surface area contributed by atoms with Crippen LogP contribution >= 0.6 is 0 Å². The van der Waals surface area contributed by atoms with Crippen LogP contribution in [0.3, 0.4) is 0 Å². The first-order valence-electron chi connectivity index (χ1n) is 10.6. The number of imidazole rings is 1. The zero-order chi connectivity index (χ0) is 20.0. The monoisotopic (exact) mass is 385 g/mol. The number of piperazine rings is 1. The van der Waals surface area contributed by atoms with E-state index < -0.39 is 0 Å². The van der Waals surface area contributed by atoms with Crippen molar-refractivity contribution in [2.75, 3.05) is 37.6 Å². The highest BCUT2D eigenvalue weighted by Gasteiger charge is 2.28. The Kier molecular flexibility index (Phi) is 4.52. The quantitative estimate of drug-likeness (QED) is 0.641. The lowest BCUT2D eigenvalue weighted by Crippen LogP contribution is -2.47. The maximum absolute atomic E-state index is 10.0. The second-order valence-corrected chi connectivity index (χ2v) is 8.45. The number of para-hydroxylation sites is 2. The number of anilines is 1. The van der Waals surface area contributed by atoms with Gasteiger partial charge < -0.3 is 4.90 Å². The second-order valence-electron chi connectivity index (χ2n) is 8.45. The van der Waals surface area contributed by atoms with E-state index in [1.807, 2.05) is 6.07 Å². The molecule has 0 N–H and O–H groups in total. The number of hydrogen-bond acceptors (Lipinski definition) is 4. The third-order valence-electron chi connectivity index (χ3n) is 6.31. The average Bonchev–Trinajstić information content (AvgIpc) is 3.11. The molecule has 0 amide bonds. The van der Waals surface area contributed by atoms with E-state index in [2.05, 4.69) is 52.0 Å². The van der Waals surface area contributed by atoms with Crippen LogP contribution in [0.4, 0.5) is 5.82 Å². The predicted octanol–water partition coefficient (Wildman–Crippen LogP) is 3.94. The van der Waals surface area contributed by atoms with Gasteiger partial charge in [0.15, 0.2) is 5.65 Å². The van der Waals surface area contributed by atoms with Crippen LogP contribution in [0.5, 0.6) is 0 Å². The number of nitriles is 1. The summed E-state index contributed by atoms with van der Waals surface area (Å²) in [5, 5.41) is 10.0. The van der Waals surface area contributed by atoms with Gasteiger partial charge in [-0.1, -0.05) is 24.3 Å². The van der Waals surface area contributed by atoms with Crippen LogP contribution in [0, 0.1) is 11.3 Å². The fourth-order valence-electron chi connectivity index (χ4n) is 5.06. The van der Waals surface area contributed by atoms with Gasteiger partial charge in [-0.3, -0.25) is 9.30 Å². The highest BCUT2D eigenvalue weighted by atomic mass is 15.3. The van der Waals surface area contributed by atoms with Crippen molar-refractivity contribution in [1.29, 1.82) is 5.26 Å². The van der Waals surface area contributed by atoms with Crippen LogP contribution in [-0.4, -0.2) is 47.0 Å². The van der Waals surface area contributed by atoms with Crippen LogP contribution in [-0.2, 0) is 12.8 Å². The first-order valence-corrected chi connectivity index (χ1v) is 10.6. The Hall–Kier alpha value is -2.84. The summed E-state index contributed by atoms with van der Waals surface area (Å²) in [6.07, 6.45) is 4.39. The highest BCUT2D eigenvalue weighted by Crippen LogP contribution is 2.37. The first kappa shape index (κ1) is 18.2. The summed E-state index contributed by atoms with van der Waals surface area (Å²) in [6, 6.07) is 10.8. The lowest BCUT2D eigenvalue weighted by atomic mass is 9.88. The van der Waals surface area contributed by atoms with Gasteiger partial charge in [0, 0.05) is 32.7 Å². The molecule has 0 unspecified atom stereocenters. The Morgan fingerprint density at radius 1 is 1.10 bits per heavy atom. The van der Waals surface area contributed by atoms with Crippen molar-refractivity contribution >= 4 is 22.5 Å². The van der Waals surface area contributed by atoms with Crippen molar-refractivity contribution in [1.82, 2.24) is 14.3 Å².